The fraction of sp³-hybridized carbons (Fsp3) is 0.917. The lowest BCUT2D eigenvalue weighted by molar-refractivity contribution is -0.185. The molecule has 0 aromatic carbocycles. The Labute approximate surface area is 97.1 Å². The van der Waals surface area contributed by atoms with E-state index in [9.17, 15) is 0 Å². The highest BCUT2D eigenvalue weighted by atomic mass is 16.7. The Bertz CT molecular complexity index is 246. The molecular weight excluding hydrogens is 204 g/mol. The molecule has 2 fully saturated rings. The van der Waals surface area contributed by atoms with Crippen molar-refractivity contribution in [3.05, 3.63) is 0 Å². The molecule has 0 aromatic rings. The van der Waals surface area contributed by atoms with E-state index in [1.807, 2.05) is 0 Å². The van der Waals surface area contributed by atoms with Crippen LogP contribution in [0.3, 0.4) is 0 Å². The smallest absolute Gasteiger partial charge is 0.170 e. The van der Waals surface area contributed by atoms with E-state index in [1.165, 1.54) is 0 Å². The molecule has 2 heterocycles. The standard InChI is InChI=1S/C12H20N2O2/c13-6-2-1-3-7-14-8-4-12(5-9-14)15-10-11-16-12/h1-5,7-11H2. The zero-order chi connectivity index (χ0) is 11.3. The van der Waals surface area contributed by atoms with E-state index in [1.54, 1.807) is 0 Å². The van der Waals surface area contributed by atoms with Gasteiger partial charge in [-0.1, -0.05) is 0 Å². The van der Waals surface area contributed by atoms with Gasteiger partial charge in [-0.25, -0.2) is 0 Å². The van der Waals surface area contributed by atoms with Crippen LogP contribution in [-0.4, -0.2) is 43.5 Å². The van der Waals surface area contributed by atoms with Gasteiger partial charge in [0.25, 0.3) is 0 Å². The van der Waals surface area contributed by atoms with Crippen LogP contribution in [0.25, 0.3) is 0 Å². The van der Waals surface area contributed by atoms with E-state index in [-0.39, 0.29) is 5.79 Å². The number of rotatable bonds is 4. The number of nitrogens with zero attached hydrogens (tertiary/aromatic N) is 2. The van der Waals surface area contributed by atoms with Crippen LogP contribution in [0.2, 0.25) is 0 Å². The Balaban J connectivity index is 1.63. The lowest BCUT2D eigenvalue weighted by atomic mass is 10.0. The second-order valence-electron chi connectivity index (χ2n) is 4.56. The Hall–Kier alpha value is -0.630. The van der Waals surface area contributed by atoms with E-state index in [0.717, 1.165) is 58.5 Å². The average Bonchev–Trinajstić information content (AvgIpc) is 2.76. The minimum absolute atomic E-state index is 0.247. The van der Waals surface area contributed by atoms with Crippen LogP contribution in [-0.2, 0) is 9.47 Å². The molecule has 90 valence electrons. The summed E-state index contributed by atoms with van der Waals surface area (Å²) < 4.78 is 11.4. The first kappa shape index (κ1) is 11.8. The third kappa shape index (κ3) is 2.94. The monoisotopic (exact) mass is 224 g/mol. The molecule has 16 heavy (non-hydrogen) atoms. The molecule has 2 rings (SSSR count). The third-order valence-electron chi connectivity index (χ3n) is 3.44. The number of hydrogen-bond acceptors (Lipinski definition) is 4. The molecule has 2 aliphatic rings. The van der Waals surface area contributed by atoms with Crippen molar-refractivity contribution >= 4 is 0 Å². The molecule has 2 saturated heterocycles. The Morgan fingerprint density at radius 2 is 1.81 bits per heavy atom. The van der Waals surface area contributed by atoms with E-state index >= 15 is 0 Å². The lowest BCUT2D eigenvalue weighted by Gasteiger charge is -2.37. The Morgan fingerprint density at radius 1 is 1.12 bits per heavy atom. The van der Waals surface area contributed by atoms with Crippen LogP contribution in [0.15, 0.2) is 0 Å². The fourth-order valence-electron chi connectivity index (χ4n) is 2.44. The number of unbranched alkanes of at least 4 members (excludes halogenated alkanes) is 2. The van der Waals surface area contributed by atoms with Crippen LogP contribution < -0.4 is 0 Å². The maximum absolute atomic E-state index is 8.45. The van der Waals surface area contributed by atoms with Gasteiger partial charge in [-0.2, -0.15) is 5.26 Å². The van der Waals surface area contributed by atoms with Crippen molar-refractivity contribution in [3.8, 4) is 6.07 Å². The zero-order valence-corrected chi connectivity index (χ0v) is 9.78. The third-order valence-corrected chi connectivity index (χ3v) is 3.44. The highest BCUT2D eigenvalue weighted by Gasteiger charge is 2.39. The van der Waals surface area contributed by atoms with Gasteiger partial charge >= 0.3 is 0 Å². The van der Waals surface area contributed by atoms with Crippen molar-refractivity contribution in [1.82, 2.24) is 4.90 Å². The van der Waals surface area contributed by atoms with Gasteiger partial charge < -0.3 is 14.4 Å². The second-order valence-corrected chi connectivity index (χ2v) is 4.56. The summed E-state index contributed by atoms with van der Waals surface area (Å²) in [6, 6.07) is 2.19. The minimum atomic E-state index is -0.247. The molecular formula is C12H20N2O2. The van der Waals surface area contributed by atoms with Crippen LogP contribution in [0.4, 0.5) is 0 Å². The van der Waals surface area contributed by atoms with E-state index < -0.39 is 0 Å². The van der Waals surface area contributed by atoms with Crippen LogP contribution in [0.5, 0.6) is 0 Å². The zero-order valence-electron chi connectivity index (χ0n) is 9.78. The van der Waals surface area contributed by atoms with E-state index in [2.05, 4.69) is 11.0 Å². The molecule has 1 spiro atoms. The Morgan fingerprint density at radius 3 is 2.44 bits per heavy atom. The van der Waals surface area contributed by atoms with Gasteiger partial charge in [0.15, 0.2) is 5.79 Å². The van der Waals surface area contributed by atoms with Crippen molar-refractivity contribution in [3.63, 3.8) is 0 Å². The molecule has 0 unspecified atom stereocenters. The van der Waals surface area contributed by atoms with Crippen molar-refractivity contribution in [2.45, 2.75) is 37.9 Å². The van der Waals surface area contributed by atoms with Gasteiger partial charge in [0, 0.05) is 32.4 Å². The molecule has 0 saturated carbocycles. The Kier molecular flexibility index (Phi) is 4.16. The van der Waals surface area contributed by atoms with Crippen molar-refractivity contribution in [2.24, 2.45) is 0 Å². The minimum Gasteiger partial charge on any atom is -0.347 e. The molecule has 0 radical (unpaired) electrons. The van der Waals surface area contributed by atoms with Gasteiger partial charge in [-0.3, -0.25) is 0 Å². The summed E-state index contributed by atoms with van der Waals surface area (Å²) in [5.41, 5.74) is 0. The van der Waals surface area contributed by atoms with Crippen LogP contribution in [0.1, 0.15) is 32.1 Å². The van der Waals surface area contributed by atoms with Crippen LogP contribution >= 0.6 is 0 Å². The summed E-state index contributed by atoms with van der Waals surface area (Å²) in [6.45, 7) is 4.74. The predicted molar refractivity (Wildman–Crippen MR) is 59.8 cm³/mol. The molecule has 0 bridgehead atoms. The SMILES string of the molecule is N#CCCCCN1CCC2(CC1)OCCO2. The summed E-state index contributed by atoms with van der Waals surface area (Å²) in [7, 11) is 0. The maximum Gasteiger partial charge on any atom is 0.170 e. The average molecular weight is 224 g/mol. The maximum atomic E-state index is 8.45. The molecule has 4 nitrogen and oxygen atoms in total. The van der Waals surface area contributed by atoms with Crippen molar-refractivity contribution in [2.75, 3.05) is 32.8 Å². The summed E-state index contributed by atoms with van der Waals surface area (Å²) in [4.78, 5) is 2.45. The summed E-state index contributed by atoms with van der Waals surface area (Å²) in [6.07, 6.45) is 4.81. The van der Waals surface area contributed by atoms with Crippen LogP contribution in [0, 0.1) is 11.3 Å². The molecule has 0 atom stereocenters. The summed E-state index contributed by atoms with van der Waals surface area (Å²) >= 11 is 0. The first-order chi connectivity index (χ1) is 7.85. The molecule has 0 aliphatic carbocycles. The number of hydrogen-bond donors (Lipinski definition) is 0. The molecule has 0 aromatic heterocycles. The van der Waals surface area contributed by atoms with Gasteiger partial charge in [-0.05, 0) is 19.4 Å². The quantitative estimate of drug-likeness (QED) is 0.679. The fourth-order valence-corrected chi connectivity index (χ4v) is 2.44. The summed E-state index contributed by atoms with van der Waals surface area (Å²) in [5.74, 6) is -0.247. The topological polar surface area (TPSA) is 45.5 Å². The predicted octanol–water partition coefficient (Wildman–Crippen LogP) is 1.52. The van der Waals surface area contributed by atoms with Gasteiger partial charge in [0.1, 0.15) is 0 Å². The van der Waals surface area contributed by atoms with Gasteiger partial charge in [0.05, 0.1) is 19.3 Å². The van der Waals surface area contributed by atoms with Gasteiger partial charge in [-0.15, -0.1) is 0 Å². The van der Waals surface area contributed by atoms with E-state index in [0.29, 0.717) is 6.42 Å². The molecule has 0 N–H and O–H groups in total. The molecule has 2 aliphatic heterocycles. The number of likely N-dealkylation sites (tertiary alicyclic amines) is 1. The number of piperidine rings is 1. The van der Waals surface area contributed by atoms with Crippen molar-refractivity contribution < 1.29 is 9.47 Å². The second kappa shape index (κ2) is 5.62. The number of nitriles is 1. The largest absolute Gasteiger partial charge is 0.347 e. The highest BCUT2D eigenvalue weighted by Crippen LogP contribution is 2.31. The number of ether oxygens (including phenoxy) is 2. The lowest BCUT2D eigenvalue weighted by Crippen LogP contribution is -2.45. The molecule has 0 amide bonds. The first-order valence-electron chi connectivity index (χ1n) is 6.22. The normalized spacial score (nSPS) is 24.7. The first-order valence-corrected chi connectivity index (χ1v) is 6.22. The molecule has 4 heteroatoms. The van der Waals surface area contributed by atoms with E-state index in [4.69, 9.17) is 14.7 Å². The van der Waals surface area contributed by atoms with Gasteiger partial charge in [0.2, 0.25) is 0 Å². The highest BCUT2D eigenvalue weighted by molar-refractivity contribution is 4.82. The summed E-state index contributed by atoms with van der Waals surface area (Å²) in [5, 5.41) is 8.45. The van der Waals surface area contributed by atoms with Crippen molar-refractivity contribution in [1.29, 1.82) is 5.26 Å².